The number of nitrogens with two attached hydrogens (primary N) is 1. The lowest BCUT2D eigenvalue weighted by Crippen LogP contribution is -2.35. The van der Waals surface area contributed by atoms with Crippen molar-refractivity contribution in [2.45, 2.75) is 23.9 Å². The summed E-state index contributed by atoms with van der Waals surface area (Å²) in [6.07, 6.45) is 0. The maximum atomic E-state index is 13.1. The van der Waals surface area contributed by atoms with Crippen LogP contribution in [0.15, 0.2) is 36.4 Å². The summed E-state index contributed by atoms with van der Waals surface area (Å²) in [6, 6.07) is 10.7. The number of hydrogen-bond donors (Lipinski definition) is 2. The molecule has 2 aromatic carbocycles. The Balaban J connectivity index is 2.01. The molecule has 1 aliphatic rings. The van der Waals surface area contributed by atoms with Gasteiger partial charge in [0.1, 0.15) is 0 Å². The summed E-state index contributed by atoms with van der Waals surface area (Å²) in [7, 11) is 2.05. The smallest absolute Gasteiger partial charge is 0.196 e. The van der Waals surface area contributed by atoms with Gasteiger partial charge in [-0.05, 0) is 33.0 Å². The number of likely N-dealkylation sites (N-methyl/N-ethyl adjacent to an activating group) is 1. The van der Waals surface area contributed by atoms with Gasteiger partial charge >= 0.3 is 0 Å². The number of carbonyl (C=O) groups is 2. The van der Waals surface area contributed by atoms with Crippen LogP contribution in [0, 0.1) is 0 Å². The van der Waals surface area contributed by atoms with Gasteiger partial charge in [-0.2, -0.15) is 0 Å². The van der Waals surface area contributed by atoms with Crippen molar-refractivity contribution < 1.29 is 9.59 Å². The molecule has 26 heavy (non-hydrogen) atoms. The number of anilines is 2. The molecule has 0 saturated heterocycles. The predicted octanol–water partition coefficient (Wildman–Crippen LogP) is 3.56. The van der Waals surface area contributed by atoms with Gasteiger partial charge < -0.3 is 16.0 Å². The molecular weight excluding hydrogens is 441 g/mol. The summed E-state index contributed by atoms with van der Waals surface area (Å²) in [6.45, 7) is 5.03. The maximum absolute atomic E-state index is 13.1. The molecule has 3 rings (SSSR count). The number of nitrogens with one attached hydrogen (secondary N) is 1. The molecule has 0 aromatic heterocycles. The standard InChI is InChI=1S/C20H22IN3O2/c1-11(2)24(3)10-16(21)23-18-15(22)9-8-14-17(18)20(26)13-7-5-4-6-12(13)19(14)25/h4-9,11,16,23H,10,22H2,1-3H3. The third-order valence-corrected chi connectivity index (χ3v) is 5.46. The van der Waals surface area contributed by atoms with E-state index >= 15 is 0 Å². The fourth-order valence-corrected chi connectivity index (χ4v) is 3.96. The quantitative estimate of drug-likeness (QED) is 0.262. The zero-order valence-electron chi connectivity index (χ0n) is 15.0. The van der Waals surface area contributed by atoms with Crippen LogP contribution in [0.5, 0.6) is 0 Å². The van der Waals surface area contributed by atoms with E-state index < -0.39 is 0 Å². The van der Waals surface area contributed by atoms with Crippen LogP contribution in [0.2, 0.25) is 0 Å². The summed E-state index contributed by atoms with van der Waals surface area (Å²) in [5.41, 5.74) is 8.86. The van der Waals surface area contributed by atoms with E-state index in [9.17, 15) is 9.59 Å². The van der Waals surface area contributed by atoms with Crippen molar-refractivity contribution in [2.75, 3.05) is 24.6 Å². The zero-order valence-corrected chi connectivity index (χ0v) is 17.2. The SMILES string of the molecule is CC(C)N(C)CC(I)Nc1c(N)ccc2c1C(=O)c1ccccc1C2=O. The lowest BCUT2D eigenvalue weighted by atomic mass is 9.83. The van der Waals surface area contributed by atoms with Crippen molar-refractivity contribution in [3.05, 3.63) is 58.7 Å². The second-order valence-corrected chi connectivity index (χ2v) is 8.30. The number of carbonyl (C=O) groups excluding carboxylic acids is 2. The average molecular weight is 463 g/mol. The number of hydrogen-bond acceptors (Lipinski definition) is 5. The minimum absolute atomic E-state index is 0.0360. The first kappa shape index (κ1) is 18.8. The van der Waals surface area contributed by atoms with E-state index in [0.29, 0.717) is 39.7 Å². The molecule has 5 nitrogen and oxygen atoms in total. The van der Waals surface area contributed by atoms with Crippen molar-refractivity contribution in [3.63, 3.8) is 0 Å². The van der Waals surface area contributed by atoms with Crippen LogP contribution in [0.1, 0.15) is 45.7 Å². The van der Waals surface area contributed by atoms with Gasteiger partial charge in [0.2, 0.25) is 0 Å². The van der Waals surface area contributed by atoms with Crippen LogP contribution in [0.25, 0.3) is 0 Å². The van der Waals surface area contributed by atoms with Gasteiger partial charge in [0.05, 0.1) is 21.0 Å². The van der Waals surface area contributed by atoms with E-state index in [4.69, 9.17) is 5.73 Å². The van der Waals surface area contributed by atoms with Gasteiger partial charge in [-0.3, -0.25) is 9.59 Å². The second-order valence-electron chi connectivity index (χ2n) is 6.80. The summed E-state index contributed by atoms with van der Waals surface area (Å²) in [5.74, 6) is -0.298. The minimum Gasteiger partial charge on any atom is -0.397 e. The third kappa shape index (κ3) is 3.35. The van der Waals surface area contributed by atoms with Crippen molar-refractivity contribution in [3.8, 4) is 0 Å². The average Bonchev–Trinajstić information content (AvgIpc) is 2.61. The molecule has 2 aromatic rings. The Morgan fingerprint density at radius 1 is 1.04 bits per heavy atom. The monoisotopic (exact) mass is 463 g/mol. The zero-order chi connectivity index (χ0) is 19.0. The molecule has 0 saturated carbocycles. The summed E-state index contributed by atoms with van der Waals surface area (Å²) in [5, 5.41) is 3.35. The number of fused-ring (bicyclic) bond motifs is 2. The number of rotatable bonds is 5. The topological polar surface area (TPSA) is 75.4 Å². The number of ketones is 2. The van der Waals surface area contributed by atoms with Gasteiger partial charge in [0.25, 0.3) is 0 Å². The normalized spacial score (nSPS) is 14.4. The maximum Gasteiger partial charge on any atom is 0.196 e. The third-order valence-electron chi connectivity index (χ3n) is 4.76. The van der Waals surface area contributed by atoms with E-state index in [-0.39, 0.29) is 15.6 Å². The Bertz CT molecular complexity index is 879. The van der Waals surface area contributed by atoms with Gasteiger partial charge in [0, 0.05) is 29.3 Å². The van der Waals surface area contributed by atoms with Crippen molar-refractivity contribution in [1.82, 2.24) is 4.90 Å². The molecule has 0 heterocycles. The van der Waals surface area contributed by atoms with E-state index in [2.05, 4.69) is 46.7 Å². The fraction of sp³-hybridized carbons (Fsp3) is 0.300. The van der Waals surface area contributed by atoms with E-state index in [0.717, 1.165) is 6.54 Å². The van der Waals surface area contributed by atoms with E-state index in [1.54, 1.807) is 36.4 Å². The molecule has 3 N–H and O–H groups in total. The lowest BCUT2D eigenvalue weighted by Gasteiger charge is -2.27. The van der Waals surface area contributed by atoms with Gasteiger partial charge in [0.15, 0.2) is 11.6 Å². The Kier molecular flexibility index (Phi) is 5.34. The highest BCUT2D eigenvalue weighted by molar-refractivity contribution is 14.1. The fourth-order valence-electron chi connectivity index (χ4n) is 3.02. The molecule has 0 radical (unpaired) electrons. The Morgan fingerprint density at radius 2 is 1.65 bits per heavy atom. The highest BCUT2D eigenvalue weighted by Gasteiger charge is 2.32. The van der Waals surface area contributed by atoms with Crippen LogP contribution in [-0.4, -0.2) is 40.1 Å². The first-order valence-corrected chi connectivity index (χ1v) is 9.77. The van der Waals surface area contributed by atoms with Crippen molar-refractivity contribution in [2.24, 2.45) is 0 Å². The van der Waals surface area contributed by atoms with E-state index in [1.165, 1.54) is 0 Å². The molecule has 0 amide bonds. The molecule has 136 valence electrons. The first-order chi connectivity index (χ1) is 12.3. The molecule has 0 bridgehead atoms. The van der Waals surface area contributed by atoms with Gasteiger partial charge in [-0.25, -0.2) is 0 Å². The summed E-state index contributed by atoms with van der Waals surface area (Å²) in [4.78, 5) is 28.1. The lowest BCUT2D eigenvalue weighted by molar-refractivity contribution is 0.0979. The molecule has 0 spiro atoms. The molecule has 6 heteroatoms. The minimum atomic E-state index is -0.161. The molecule has 1 atom stereocenters. The Labute approximate surface area is 167 Å². The number of halogens is 1. The highest BCUT2D eigenvalue weighted by atomic mass is 127. The molecular formula is C20H22IN3O2. The second kappa shape index (κ2) is 7.36. The van der Waals surface area contributed by atoms with Crippen LogP contribution < -0.4 is 11.1 Å². The van der Waals surface area contributed by atoms with Crippen molar-refractivity contribution >= 4 is 45.5 Å². The largest absolute Gasteiger partial charge is 0.397 e. The highest BCUT2D eigenvalue weighted by Crippen LogP contribution is 2.36. The van der Waals surface area contributed by atoms with Gasteiger partial charge in [-0.15, -0.1) is 0 Å². The summed E-state index contributed by atoms with van der Waals surface area (Å²) < 4.78 is 0.0360. The number of alkyl halides is 1. The Morgan fingerprint density at radius 3 is 2.27 bits per heavy atom. The first-order valence-electron chi connectivity index (χ1n) is 8.53. The number of benzene rings is 2. The predicted molar refractivity (Wildman–Crippen MR) is 113 cm³/mol. The van der Waals surface area contributed by atoms with E-state index in [1.807, 2.05) is 7.05 Å². The molecule has 0 fully saturated rings. The van der Waals surface area contributed by atoms with Crippen LogP contribution >= 0.6 is 22.6 Å². The van der Waals surface area contributed by atoms with Crippen LogP contribution in [0.4, 0.5) is 11.4 Å². The number of nitrogen functional groups attached to an aromatic ring is 1. The molecule has 0 aliphatic heterocycles. The van der Waals surface area contributed by atoms with Crippen LogP contribution in [0.3, 0.4) is 0 Å². The van der Waals surface area contributed by atoms with Gasteiger partial charge in [-0.1, -0.05) is 46.9 Å². The van der Waals surface area contributed by atoms with Crippen molar-refractivity contribution in [1.29, 1.82) is 0 Å². The Hall–Kier alpha value is -1.93. The summed E-state index contributed by atoms with van der Waals surface area (Å²) >= 11 is 2.29. The van der Waals surface area contributed by atoms with Crippen LogP contribution in [-0.2, 0) is 0 Å². The molecule has 1 aliphatic carbocycles. The molecule has 1 unspecified atom stereocenters. The number of nitrogens with zero attached hydrogens (tertiary/aromatic N) is 1.